The molecule has 2 N–H and O–H groups in total. The first kappa shape index (κ1) is 20.3. The van der Waals surface area contributed by atoms with E-state index in [9.17, 15) is 23.1 Å². The van der Waals surface area contributed by atoms with E-state index in [0.717, 1.165) is 41.7 Å². The Morgan fingerprint density at radius 1 is 1.07 bits per heavy atom. The number of carbonyl (C=O) groups is 1. The van der Waals surface area contributed by atoms with Crippen molar-refractivity contribution in [3.63, 3.8) is 0 Å². The third-order valence-electron chi connectivity index (χ3n) is 5.61. The summed E-state index contributed by atoms with van der Waals surface area (Å²) in [6.45, 7) is 3.68. The summed E-state index contributed by atoms with van der Waals surface area (Å²) in [6.07, 6.45) is -2.45. The number of hydrogen-bond acceptors (Lipinski definition) is 2. The van der Waals surface area contributed by atoms with E-state index in [4.69, 9.17) is 0 Å². The maximum Gasteiger partial charge on any atom is 0.416 e. The van der Waals surface area contributed by atoms with E-state index in [1.165, 1.54) is 12.1 Å². The molecule has 29 heavy (non-hydrogen) atoms. The van der Waals surface area contributed by atoms with Crippen molar-refractivity contribution >= 4 is 34.1 Å². The van der Waals surface area contributed by atoms with Crippen LogP contribution in [0.1, 0.15) is 35.1 Å². The summed E-state index contributed by atoms with van der Waals surface area (Å²) in [5, 5.41) is 13.8. The molecule has 0 spiro atoms. The second-order valence-electron chi connectivity index (χ2n) is 7.72. The smallest absolute Gasteiger partial charge is 0.416 e. The predicted octanol–water partition coefficient (Wildman–Crippen LogP) is 5.93. The summed E-state index contributed by atoms with van der Waals surface area (Å²) >= 11 is 2.11. The van der Waals surface area contributed by atoms with Gasteiger partial charge in [0.25, 0.3) is 5.91 Å². The standard InChI is InChI=1S/C22H19F3INO2/c1-11-10-17(18-19(28)21(26,14-7-8-14)27-20(18)29)12(2)9-16(11)13-3-5-15(6-4-13)22(23,24)25/h3-6,9-10,14,28H,7-8H2,1-2H3,(H,27,29). The van der Waals surface area contributed by atoms with Gasteiger partial charge in [-0.1, -0.05) is 24.3 Å². The van der Waals surface area contributed by atoms with E-state index < -0.39 is 15.3 Å². The minimum atomic E-state index is -4.37. The van der Waals surface area contributed by atoms with Gasteiger partial charge in [-0.2, -0.15) is 13.2 Å². The number of aliphatic hydroxyl groups excluding tert-OH is 1. The van der Waals surface area contributed by atoms with Gasteiger partial charge in [0.05, 0.1) is 11.1 Å². The number of carbonyl (C=O) groups excluding carboxylic acids is 1. The maximum absolute atomic E-state index is 12.8. The highest BCUT2D eigenvalue weighted by atomic mass is 127. The van der Waals surface area contributed by atoms with Gasteiger partial charge in [0.15, 0.2) is 3.55 Å². The molecule has 2 aliphatic rings. The van der Waals surface area contributed by atoms with Crippen molar-refractivity contribution in [3.05, 3.63) is 64.4 Å². The zero-order valence-electron chi connectivity index (χ0n) is 15.8. The topological polar surface area (TPSA) is 49.3 Å². The van der Waals surface area contributed by atoms with Gasteiger partial charge in [0.1, 0.15) is 5.76 Å². The Morgan fingerprint density at radius 3 is 2.17 bits per heavy atom. The summed E-state index contributed by atoms with van der Waals surface area (Å²) in [5.74, 6) is 0.00123. The minimum Gasteiger partial charge on any atom is -0.508 e. The molecule has 1 heterocycles. The molecule has 0 radical (unpaired) electrons. The van der Waals surface area contributed by atoms with Crippen molar-refractivity contribution in [2.24, 2.45) is 5.92 Å². The Morgan fingerprint density at radius 2 is 1.62 bits per heavy atom. The monoisotopic (exact) mass is 513 g/mol. The van der Waals surface area contributed by atoms with Crippen LogP contribution in [0.25, 0.3) is 16.7 Å². The SMILES string of the molecule is Cc1cc(-c2ccc(C(F)(F)F)cc2)c(C)cc1C1=C(O)C(I)(C2CC2)NC1=O. The molecule has 1 unspecified atom stereocenters. The molecular formula is C22H19F3INO2. The van der Waals surface area contributed by atoms with E-state index >= 15 is 0 Å². The van der Waals surface area contributed by atoms with Crippen molar-refractivity contribution in [2.75, 3.05) is 0 Å². The number of aryl methyl sites for hydroxylation is 2. The van der Waals surface area contributed by atoms with Gasteiger partial charge in [-0.15, -0.1) is 0 Å². The molecule has 2 aromatic carbocycles. The van der Waals surface area contributed by atoms with Gasteiger partial charge in [0, 0.05) is 0 Å². The van der Waals surface area contributed by atoms with Crippen molar-refractivity contribution < 1.29 is 23.1 Å². The molecule has 1 aliphatic carbocycles. The summed E-state index contributed by atoms with van der Waals surface area (Å²) in [6, 6.07) is 8.71. The molecule has 152 valence electrons. The van der Waals surface area contributed by atoms with Crippen molar-refractivity contribution in [1.29, 1.82) is 0 Å². The lowest BCUT2D eigenvalue weighted by atomic mass is 9.91. The van der Waals surface area contributed by atoms with Gasteiger partial charge in [-0.3, -0.25) is 4.79 Å². The number of hydrogen-bond donors (Lipinski definition) is 2. The Balaban J connectivity index is 1.75. The first-order chi connectivity index (χ1) is 13.5. The molecule has 7 heteroatoms. The third kappa shape index (κ3) is 3.43. The highest BCUT2D eigenvalue weighted by Crippen LogP contribution is 2.51. The molecule has 1 fully saturated rings. The van der Waals surface area contributed by atoms with E-state index in [1.54, 1.807) is 0 Å². The number of nitrogens with one attached hydrogen (secondary N) is 1. The maximum atomic E-state index is 12.8. The molecule has 1 atom stereocenters. The largest absolute Gasteiger partial charge is 0.508 e. The first-order valence-corrected chi connectivity index (χ1v) is 10.3. The average Bonchev–Trinajstić information content (AvgIpc) is 3.46. The lowest BCUT2D eigenvalue weighted by molar-refractivity contribution is -0.137. The van der Waals surface area contributed by atoms with Crippen molar-refractivity contribution in [1.82, 2.24) is 5.32 Å². The van der Waals surface area contributed by atoms with E-state index in [0.29, 0.717) is 11.1 Å². The molecule has 0 bridgehead atoms. The van der Waals surface area contributed by atoms with E-state index in [-0.39, 0.29) is 23.2 Å². The number of aliphatic hydroxyl groups is 1. The summed E-state index contributed by atoms with van der Waals surface area (Å²) in [4.78, 5) is 12.6. The van der Waals surface area contributed by atoms with Crippen LogP contribution in [-0.4, -0.2) is 14.6 Å². The number of rotatable bonds is 3. The second kappa shape index (κ2) is 6.75. The van der Waals surface area contributed by atoms with Gasteiger partial charge in [-0.25, -0.2) is 0 Å². The van der Waals surface area contributed by atoms with Crippen LogP contribution in [0.4, 0.5) is 13.2 Å². The molecule has 2 aromatic rings. The molecular weight excluding hydrogens is 494 g/mol. The van der Waals surface area contributed by atoms with Crippen LogP contribution in [0.5, 0.6) is 0 Å². The van der Waals surface area contributed by atoms with Crippen LogP contribution in [0.3, 0.4) is 0 Å². The van der Waals surface area contributed by atoms with Crippen LogP contribution < -0.4 is 5.32 Å². The lowest BCUT2D eigenvalue weighted by Gasteiger charge is -2.21. The van der Waals surface area contributed by atoms with E-state index in [2.05, 4.69) is 27.9 Å². The molecule has 1 saturated carbocycles. The van der Waals surface area contributed by atoms with E-state index in [1.807, 2.05) is 26.0 Å². The minimum absolute atomic E-state index is 0.0652. The molecule has 1 aliphatic heterocycles. The van der Waals surface area contributed by atoms with Crippen LogP contribution >= 0.6 is 22.6 Å². The fourth-order valence-corrected chi connectivity index (χ4v) is 4.98. The Bertz CT molecular complexity index is 1040. The number of benzene rings is 2. The van der Waals surface area contributed by atoms with Gasteiger partial charge >= 0.3 is 6.18 Å². The summed E-state index contributed by atoms with van der Waals surface area (Å²) in [5.41, 5.74) is 3.29. The number of halogens is 4. The zero-order valence-corrected chi connectivity index (χ0v) is 18.0. The zero-order chi connectivity index (χ0) is 21.1. The van der Waals surface area contributed by atoms with Gasteiger partial charge < -0.3 is 10.4 Å². The Labute approximate surface area is 180 Å². The van der Waals surface area contributed by atoms with Crippen LogP contribution in [-0.2, 0) is 11.0 Å². The Hall–Kier alpha value is -2.03. The summed E-state index contributed by atoms with van der Waals surface area (Å²) in [7, 11) is 0. The van der Waals surface area contributed by atoms with Crippen molar-refractivity contribution in [2.45, 2.75) is 36.4 Å². The number of amides is 1. The normalized spacial score (nSPS) is 22.2. The fourth-order valence-electron chi connectivity index (χ4n) is 3.84. The van der Waals surface area contributed by atoms with Gasteiger partial charge in [0.2, 0.25) is 0 Å². The average molecular weight is 513 g/mol. The first-order valence-electron chi connectivity index (χ1n) is 9.26. The van der Waals surface area contributed by atoms with Gasteiger partial charge in [-0.05, 0) is 95.1 Å². The molecule has 1 amide bonds. The molecule has 3 nitrogen and oxygen atoms in total. The van der Waals surface area contributed by atoms with Crippen molar-refractivity contribution in [3.8, 4) is 11.1 Å². The summed E-state index contributed by atoms with van der Waals surface area (Å²) < 4.78 is 37.7. The van der Waals surface area contributed by atoms with Crippen LogP contribution in [0, 0.1) is 19.8 Å². The van der Waals surface area contributed by atoms with Crippen LogP contribution in [0.15, 0.2) is 42.2 Å². The third-order valence-corrected chi connectivity index (χ3v) is 7.27. The fraction of sp³-hybridized carbons (Fsp3) is 0.318. The molecule has 4 rings (SSSR count). The second-order valence-corrected chi connectivity index (χ2v) is 9.42. The lowest BCUT2D eigenvalue weighted by Crippen LogP contribution is -2.40. The molecule has 0 saturated heterocycles. The highest BCUT2D eigenvalue weighted by molar-refractivity contribution is 14.1. The predicted molar refractivity (Wildman–Crippen MR) is 114 cm³/mol. The molecule has 0 aromatic heterocycles. The highest BCUT2D eigenvalue weighted by Gasteiger charge is 2.53. The van der Waals surface area contributed by atoms with Crippen LogP contribution in [0.2, 0.25) is 0 Å². The quantitative estimate of drug-likeness (QED) is 0.304. The number of alkyl halides is 4. The Kier molecular flexibility index (Phi) is 4.72.